The fraction of sp³-hybridized carbons (Fsp3) is 0.654. The normalized spacial score (nSPS) is 16.0. The van der Waals surface area contributed by atoms with Gasteiger partial charge in [-0.25, -0.2) is 4.79 Å². The van der Waals surface area contributed by atoms with Crippen LogP contribution in [0.1, 0.15) is 77.2 Å². The summed E-state index contributed by atoms with van der Waals surface area (Å²) in [4.78, 5) is 14.3. The monoisotopic (exact) mass is 427 g/mol. The van der Waals surface area contributed by atoms with Gasteiger partial charge in [-0.05, 0) is 83.6 Å². The van der Waals surface area contributed by atoms with Gasteiger partial charge in [0, 0.05) is 30.7 Å². The third kappa shape index (κ3) is 7.27. The van der Waals surface area contributed by atoms with E-state index in [0.717, 1.165) is 6.42 Å². The largest absolute Gasteiger partial charge is 0.444 e. The number of ether oxygens (including phenoxy) is 1. The highest BCUT2D eigenvalue weighted by Gasteiger charge is 2.23. The number of hydrogen-bond donors (Lipinski definition) is 1. The number of nitrogens with zero attached hydrogens (tertiary/aromatic N) is 2. The second-order valence-electron chi connectivity index (χ2n) is 10.0. The summed E-state index contributed by atoms with van der Waals surface area (Å²) >= 11 is 0. The van der Waals surface area contributed by atoms with Crippen LogP contribution in [0.3, 0.4) is 0 Å². The number of benzene rings is 1. The Kier molecular flexibility index (Phi) is 8.42. The Hall–Kier alpha value is -2.01. The summed E-state index contributed by atoms with van der Waals surface area (Å²) in [6, 6.07) is 8.79. The standard InChI is InChI=1S/C26H41N3O2/c1-26(2,3)31-25(30)27-16-10-6-5-7-11-17-29-18-14-21(15-19-29)23-20-28(4)24-13-9-8-12-22(23)24/h8-9,12-13,20-21H,5-7,10-11,14-19H2,1-4H3,(H,27,30). The zero-order chi connectivity index (χ0) is 22.3. The molecule has 2 aromatic rings. The van der Waals surface area contributed by atoms with Gasteiger partial charge >= 0.3 is 6.09 Å². The summed E-state index contributed by atoms with van der Waals surface area (Å²) in [5.74, 6) is 0.694. The lowest BCUT2D eigenvalue weighted by atomic mass is 9.89. The van der Waals surface area contributed by atoms with Gasteiger partial charge in [0.25, 0.3) is 0 Å². The SMILES string of the molecule is Cn1cc(C2CCN(CCCCCCCNC(=O)OC(C)(C)C)CC2)c2ccccc21. The van der Waals surface area contributed by atoms with E-state index >= 15 is 0 Å². The van der Waals surface area contributed by atoms with Gasteiger partial charge in [-0.3, -0.25) is 0 Å². The number of hydrogen-bond acceptors (Lipinski definition) is 3. The molecule has 1 aliphatic heterocycles. The lowest BCUT2D eigenvalue weighted by Gasteiger charge is -2.32. The number of rotatable bonds is 9. The van der Waals surface area contributed by atoms with Crippen molar-refractivity contribution in [3.05, 3.63) is 36.0 Å². The van der Waals surface area contributed by atoms with Crippen molar-refractivity contribution in [1.29, 1.82) is 0 Å². The van der Waals surface area contributed by atoms with Crippen LogP contribution < -0.4 is 5.32 Å². The van der Waals surface area contributed by atoms with Crippen molar-refractivity contribution in [1.82, 2.24) is 14.8 Å². The average Bonchev–Trinajstić information content (AvgIpc) is 3.06. The van der Waals surface area contributed by atoms with Crippen molar-refractivity contribution in [2.24, 2.45) is 7.05 Å². The van der Waals surface area contributed by atoms with Crippen LogP contribution in [0.15, 0.2) is 30.5 Å². The van der Waals surface area contributed by atoms with Crippen LogP contribution in [0, 0.1) is 0 Å². The van der Waals surface area contributed by atoms with Crippen molar-refractivity contribution >= 4 is 17.0 Å². The number of piperidine rings is 1. The molecule has 1 aromatic carbocycles. The molecule has 2 heterocycles. The number of fused-ring (bicyclic) bond motifs is 1. The lowest BCUT2D eigenvalue weighted by molar-refractivity contribution is 0.0527. The number of carbonyl (C=O) groups excluding carboxylic acids is 1. The molecular formula is C26H41N3O2. The van der Waals surface area contributed by atoms with Crippen LogP contribution in [0.25, 0.3) is 10.9 Å². The number of aromatic nitrogens is 1. The van der Waals surface area contributed by atoms with Crippen LogP contribution in [0.5, 0.6) is 0 Å². The topological polar surface area (TPSA) is 46.5 Å². The molecule has 0 radical (unpaired) electrons. The van der Waals surface area contributed by atoms with Gasteiger partial charge in [0.15, 0.2) is 0 Å². The Morgan fingerprint density at radius 2 is 1.74 bits per heavy atom. The molecule has 0 bridgehead atoms. The fourth-order valence-electron chi connectivity index (χ4n) is 4.66. The molecule has 1 aliphatic rings. The first-order valence-corrected chi connectivity index (χ1v) is 12.1. The highest BCUT2D eigenvalue weighted by Crippen LogP contribution is 2.34. The fourth-order valence-corrected chi connectivity index (χ4v) is 4.66. The third-order valence-corrected chi connectivity index (χ3v) is 6.27. The average molecular weight is 428 g/mol. The molecule has 31 heavy (non-hydrogen) atoms. The highest BCUT2D eigenvalue weighted by molar-refractivity contribution is 5.84. The lowest BCUT2D eigenvalue weighted by Crippen LogP contribution is -2.33. The van der Waals surface area contributed by atoms with Crippen molar-refractivity contribution in [2.75, 3.05) is 26.2 Å². The molecule has 0 saturated carbocycles. The molecule has 0 atom stereocenters. The maximum Gasteiger partial charge on any atom is 0.407 e. The van der Waals surface area contributed by atoms with Crippen LogP contribution in [-0.4, -0.2) is 47.3 Å². The Labute approximate surface area is 188 Å². The van der Waals surface area contributed by atoms with Gasteiger partial charge in [0.2, 0.25) is 0 Å². The quantitative estimate of drug-likeness (QED) is 0.512. The van der Waals surface area contributed by atoms with Gasteiger partial charge in [-0.15, -0.1) is 0 Å². The number of carbonyl (C=O) groups is 1. The van der Waals surface area contributed by atoms with Gasteiger partial charge in [-0.2, -0.15) is 0 Å². The Balaban J connectivity index is 1.25. The molecule has 1 saturated heterocycles. The smallest absolute Gasteiger partial charge is 0.407 e. The number of para-hydroxylation sites is 1. The molecule has 0 spiro atoms. The molecule has 3 rings (SSSR count). The molecule has 1 N–H and O–H groups in total. The van der Waals surface area contributed by atoms with Crippen LogP contribution in [0.4, 0.5) is 4.79 Å². The third-order valence-electron chi connectivity index (χ3n) is 6.27. The highest BCUT2D eigenvalue weighted by atomic mass is 16.6. The molecule has 1 amide bonds. The van der Waals surface area contributed by atoms with Crippen molar-refractivity contribution < 1.29 is 9.53 Å². The Morgan fingerprint density at radius 3 is 2.48 bits per heavy atom. The van der Waals surface area contributed by atoms with E-state index in [2.05, 4.69) is 52.3 Å². The number of nitrogens with one attached hydrogen (secondary N) is 1. The van der Waals surface area contributed by atoms with E-state index in [1.807, 2.05) is 20.8 Å². The molecule has 0 aliphatic carbocycles. The number of unbranched alkanes of at least 4 members (excludes halogenated alkanes) is 4. The molecule has 172 valence electrons. The van der Waals surface area contributed by atoms with Gasteiger partial charge in [-0.1, -0.05) is 37.5 Å². The molecule has 5 nitrogen and oxygen atoms in total. The van der Waals surface area contributed by atoms with E-state index in [1.54, 1.807) is 0 Å². The first kappa shape index (κ1) is 23.6. The number of likely N-dealkylation sites (tertiary alicyclic amines) is 1. The van der Waals surface area contributed by atoms with E-state index in [0.29, 0.717) is 12.5 Å². The van der Waals surface area contributed by atoms with Gasteiger partial charge in [0.1, 0.15) is 5.60 Å². The minimum atomic E-state index is -0.423. The molecule has 5 heteroatoms. The zero-order valence-corrected chi connectivity index (χ0v) is 20.0. The van der Waals surface area contributed by atoms with E-state index in [1.165, 1.54) is 74.6 Å². The second kappa shape index (κ2) is 11.0. The van der Waals surface area contributed by atoms with Crippen LogP contribution in [0.2, 0.25) is 0 Å². The van der Waals surface area contributed by atoms with Gasteiger partial charge in [0.05, 0.1) is 0 Å². The summed E-state index contributed by atoms with van der Waals surface area (Å²) in [7, 11) is 2.16. The number of amides is 1. The summed E-state index contributed by atoms with van der Waals surface area (Å²) in [5, 5.41) is 4.28. The van der Waals surface area contributed by atoms with Crippen LogP contribution >= 0.6 is 0 Å². The van der Waals surface area contributed by atoms with E-state index in [-0.39, 0.29) is 6.09 Å². The summed E-state index contributed by atoms with van der Waals surface area (Å²) in [6.07, 6.45) is 10.6. The maximum absolute atomic E-state index is 11.6. The number of alkyl carbamates (subject to hydrolysis) is 1. The predicted molar refractivity (Wildman–Crippen MR) is 129 cm³/mol. The minimum absolute atomic E-state index is 0.306. The number of aryl methyl sites for hydroxylation is 1. The maximum atomic E-state index is 11.6. The molecule has 1 aromatic heterocycles. The van der Waals surface area contributed by atoms with Gasteiger partial charge < -0.3 is 19.5 Å². The van der Waals surface area contributed by atoms with Crippen LogP contribution in [-0.2, 0) is 11.8 Å². The van der Waals surface area contributed by atoms with Crippen molar-refractivity contribution in [2.45, 2.75) is 77.2 Å². The first-order valence-electron chi connectivity index (χ1n) is 12.1. The predicted octanol–water partition coefficient (Wildman–Crippen LogP) is 5.83. The summed E-state index contributed by atoms with van der Waals surface area (Å²) in [5.41, 5.74) is 2.46. The summed E-state index contributed by atoms with van der Waals surface area (Å²) in [6.45, 7) is 10.0. The zero-order valence-electron chi connectivity index (χ0n) is 20.0. The van der Waals surface area contributed by atoms with Crippen molar-refractivity contribution in [3.8, 4) is 0 Å². The second-order valence-corrected chi connectivity index (χ2v) is 10.0. The first-order chi connectivity index (χ1) is 14.8. The minimum Gasteiger partial charge on any atom is -0.444 e. The van der Waals surface area contributed by atoms with E-state index in [4.69, 9.17) is 4.74 Å². The van der Waals surface area contributed by atoms with E-state index in [9.17, 15) is 4.79 Å². The Morgan fingerprint density at radius 1 is 1.06 bits per heavy atom. The van der Waals surface area contributed by atoms with Crippen molar-refractivity contribution in [3.63, 3.8) is 0 Å². The van der Waals surface area contributed by atoms with E-state index < -0.39 is 5.60 Å². The Bertz CT molecular complexity index is 829. The summed E-state index contributed by atoms with van der Waals surface area (Å²) < 4.78 is 7.53. The molecular weight excluding hydrogens is 386 g/mol. The molecule has 1 fully saturated rings. The molecule has 0 unspecified atom stereocenters.